The Labute approximate surface area is 152 Å². The van der Waals surface area contributed by atoms with Gasteiger partial charge in [0.25, 0.3) is 5.56 Å². The molecule has 0 bridgehead atoms. The highest BCUT2D eigenvalue weighted by atomic mass is 19.1. The van der Waals surface area contributed by atoms with E-state index in [1.807, 2.05) is 19.9 Å². The summed E-state index contributed by atoms with van der Waals surface area (Å²) in [7, 11) is 5.29. The molecule has 0 N–H and O–H groups in total. The summed E-state index contributed by atoms with van der Waals surface area (Å²) in [6.45, 7) is 7.95. The van der Waals surface area contributed by atoms with Gasteiger partial charge in [-0.15, -0.1) is 5.10 Å². The monoisotopic (exact) mass is 356 g/mol. The predicted molar refractivity (Wildman–Crippen MR) is 104 cm³/mol. The molecule has 3 rings (SSSR count). The largest absolute Gasteiger partial charge is 0.375 e. The van der Waals surface area contributed by atoms with Crippen LogP contribution < -0.4 is 10.5 Å². The van der Waals surface area contributed by atoms with Crippen molar-refractivity contribution < 1.29 is 4.39 Å². The van der Waals surface area contributed by atoms with Gasteiger partial charge in [0.15, 0.2) is 5.82 Å². The topological polar surface area (TPSA) is 42.5 Å². The second-order valence-electron chi connectivity index (χ2n) is 7.36. The molecule has 0 amide bonds. The van der Waals surface area contributed by atoms with Crippen LogP contribution in [0.1, 0.15) is 36.6 Å². The molecule has 26 heavy (non-hydrogen) atoms. The van der Waals surface area contributed by atoms with Crippen LogP contribution in [0.25, 0.3) is 16.9 Å². The second-order valence-corrected chi connectivity index (χ2v) is 7.36. The van der Waals surface area contributed by atoms with Gasteiger partial charge in [0.2, 0.25) is 0 Å². The van der Waals surface area contributed by atoms with Crippen LogP contribution in [-0.2, 0) is 7.05 Å². The number of nitrogens with zero attached hydrogens (tertiary/aromatic N) is 4. The summed E-state index contributed by atoms with van der Waals surface area (Å²) in [4.78, 5) is 14.8. The minimum absolute atomic E-state index is 0.122. The van der Waals surface area contributed by atoms with Crippen molar-refractivity contribution in [2.75, 3.05) is 19.0 Å². The molecule has 0 saturated carbocycles. The van der Waals surface area contributed by atoms with Gasteiger partial charge in [-0.05, 0) is 49.1 Å². The quantitative estimate of drug-likeness (QED) is 0.719. The van der Waals surface area contributed by atoms with Crippen LogP contribution in [0, 0.1) is 19.7 Å². The van der Waals surface area contributed by atoms with E-state index >= 15 is 0 Å². The molecular formula is C20H25FN4O. The van der Waals surface area contributed by atoms with E-state index in [1.165, 1.54) is 10.6 Å². The summed E-state index contributed by atoms with van der Waals surface area (Å²) in [6, 6.07) is 5.24. The first-order chi connectivity index (χ1) is 12.1. The average Bonchev–Trinajstić information content (AvgIpc) is 2.90. The van der Waals surface area contributed by atoms with E-state index in [1.54, 1.807) is 36.6 Å². The highest BCUT2D eigenvalue weighted by molar-refractivity contribution is 5.67. The first-order valence-corrected chi connectivity index (χ1v) is 8.70. The first-order valence-electron chi connectivity index (χ1n) is 8.70. The fourth-order valence-electron chi connectivity index (χ4n) is 3.34. The standard InChI is InChI=1S/C20H25FN4O/c1-11(2)14-9-13(4)25-18(14)20(26)24(7)19(22-25)15-10-16(21)17(23(5)6)8-12(15)3/h8-11H,1-7H3. The molecule has 2 aromatic heterocycles. The Morgan fingerprint density at radius 3 is 2.38 bits per heavy atom. The minimum atomic E-state index is -0.336. The van der Waals surface area contributed by atoms with Crippen LogP contribution in [0.3, 0.4) is 0 Å². The lowest BCUT2D eigenvalue weighted by atomic mass is 10.0. The summed E-state index contributed by atoms with van der Waals surface area (Å²) in [5.74, 6) is 0.341. The molecule has 3 aromatic rings. The molecule has 0 unspecified atom stereocenters. The average molecular weight is 356 g/mol. The van der Waals surface area contributed by atoms with Gasteiger partial charge in [0, 0.05) is 32.4 Å². The smallest absolute Gasteiger partial charge is 0.278 e. The van der Waals surface area contributed by atoms with Gasteiger partial charge in [-0.3, -0.25) is 9.36 Å². The van der Waals surface area contributed by atoms with Gasteiger partial charge in [-0.1, -0.05) is 13.8 Å². The summed E-state index contributed by atoms with van der Waals surface area (Å²) >= 11 is 0. The number of hydrogen-bond donors (Lipinski definition) is 0. The van der Waals surface area contributed by atoms with Crippen molar-refractivity contribution in [3.8, 4) is 11.4 Å². The Balaban J connectivity index is 2.34. The second kappa shape index (κ2) is 6.27. The van der Waals surface area contributed by atoms with E-state index in [0.29, 0.717) is 22.6 Å². The molecular weight excluding hydrogens is 331 g/mol. The number of rotatable bonds is 3. The maximum Gasteiger partial charge on any atom is 0.278 e. The molecule has 1 aromatic carbocycles. The van der Waals surface area contributed by atoms with E-state index in [0.717, 1.165) is 16.8 Å². The van der Waals surface area contributed by atoms with Crippen molar-refractivity contribution in [2.24, 2.45) is 7.05 Å². The summed E-state index contributed by atoms with van der Waals surface area (Å²) in [6.07, 6.45) is 0. The zero-order valence-electron chi connectivity index (χ0n) is 16.4. The lowest BCUT2D eigenvalue weighted by molar-refractivity contribution is 0.625. The molecule has 0 atom stereocenters. The highest BCUT2D eigenvalue weighted by Crippen LogP contribution is 2.29. The summed E-state index contributed by atoms with van der Waals surface area (Å²) in [5.41, 5.74) is 4.34. The fourth-order valence-corrected chi connectivity index (χ4v) is 3.34. The van der Waals surface area contributed by atoms with E-state index in [-0.39, 0.29) is 17.3 Å². The third-order valence-corrected chi connectivity index (χ3v) is 4.84. The van der Waals surface area contributed by atoms with Crippen molar-refractivity contribution >= 4 is 11.2 Å². The number of benzene rings is 1. The number of halogens is 1. The van der Waals surface area contributed by atoms with Crippen LogP contribution in [0.4, 0.5) is 10.1 Å². The number of aryl methyl sites for hydroxylation is 2. The van der Waals surface area contributed by atoms with Crippen LogP contribution in [0.2, 0.25) is 0 Å². The SMILES string of the molecule is Cc1cc(N(C)C)c(F)cc1-c1nn2c(C)cc(C(C)C)c2c(=O)n1C. The molecule has 0 spiro atoms. The molecule has 2 heterocycles. The number of anilines is 1. The minimum Gasteiger partial charge on any atom is -0.375 e. The number of aromatic nitrogens is 3. The molecule has 0 aliphatic rings. The Bertz CT molecular complexity index is 1060. The fraction of sp³-hybridized carbons (Fsp3) is 0.400. The molecule has 6 heteroatoms. The van der Waals surface area contributed by atoms with Gasteiger partial charge in [-0.25, -0.2) is 8.91 Å². The maximum absolute atomic E-state index is 14.5. The van der Waals surface area contributed by atoms with Crippen molar-refractivity contribution in [3.05, 3.63) is 51.2 Å². The molecule has 0 radical (unpaired) electrons. The molecule has 0 saturated heterocycles. The highest BCUT2D eigenvalue weighted by Gasteiger charge is 2.20. The van der Waals surface area contributed by atoms with Gasteiger partial charge in [0.05, 0.1) is 5.69 Å². The predicted octanol–water partition coefficient (Wildman–Crippen LogP) is 3.65. The van der Waals surface area contributed by atoms with Crippen LogP contribution in [0.15, 0.2) is 23.0 Å². The molecule has 0 fully saturated rings. The Hall–Kier alpha value is -2.63. The van der Waals surface area contributed by atoms with Crippen molar-refractivity contribution in [1.82, 2.24) is 14.2 Å². The van der Waals surface area contributed by atoms with Crippen LogP contribution >= 0.6 is 0 Å². The Kier molecular flexibility index (Phi) is 4.38. The normalized spacial score (nSPS) is 11.6. The first kappa shape index (κ1) is 18.2. The zero-order valence-corrected chi connectivity index (χ0v) is 16.4. The number of hydrogen-bond acceptors (Lipinski definition) is 3. The third kappa shape index (κ3) is 2.69. The van der Waals surface area contributed by atoms with Crippen LogP contribution in [0.5, 0.6) is 0 Å². The molecule has 0 aliphatic carbocycles. The van der Waals surface area contributed by atoms with Crippen molar-refractivity contribution in [1.29, 1.82) is 0 Å². The van der Waals surface area contributed by atoms with Gasteiger partial charge in [0.1, 0.15) is 11.3 Å². The summed E-state index contributed by atoms with van der Waals surface area (Å²) < 4.78 is 17.7. The molecule has 5 nitrogen and oxygen atoms in total. The van der Waals surface area contributed by atoms with E-state index in [2.05, 4.69) is 18.9 Å². The van der Waals surface area contributed by atoms with E-state index < -0.39 is 0 Å². The van der Waals surface area contributed by atoms with Crippen molar-refractivity contribution in [3.63, 3.8) is 0 Å². The Morgan fingerprint density at radius 1 is 1.15 bits per heavy atom. The number of fused-ring (bicyclic) bond motifs is 1. The maximum atomic E-state index is 14.5. The zero-order chi connectivity index (χ0) is 19.3. The lowest BCUT2D eigenvalue weighted by Crippen LogP contribution is -2.24. The van der Waals surface area contributed by atoms with Crippen LogP contribution in [-0.4, -0.2) is 28.3 Å². The van der Waals surface area contributed by atoms with Gasteiger partial charge < -0.3 is 4.90 Å². The third-order valence-electron chi connectivity index (χ3n) is 4.84. The van der Waals surface area contributed by atoms with E-state index in [9.17, 15) is 9.18 Å². The summed E-state index contributed by atoms with van der Waals surface area (Å²) in [5, 5.41) is 4.68. The van der Waals surface area contributed by atoms with Crippen molar-refractivity contribution in [2.45, 2.75) is 33.6 Å². The van der Waals surface area contributed by atoms with Gasteiger partial charge in [-0.2, -0.15) is 0 Å². The molecule has 138 valence electrons. The Morgan fingerprint density at radius 2 is 1.81 bits per heavy atom. The van der Waals surface area contributed by atoms with Gasteiger partial charge >= 0.3 is 0 Å². The lowest BCUT2D eigenvalue weighted by Gasteiger charge is -2.17. The molecule has 0 aliphatic heterocycles. The van der Waals surface area contributed by atoms with E-state index in [4.69, 9.17) is 0 Å².